The van der Waals surface area contributed by atoms with Crippen LogP contribution in [0.3, 0.4) is 0 Å². The number of rotatable bonds is 3. The SMILES string of the molecule is N#Cc1cccc([C@@H]2C[C@H]2C(=O)Nc2ccc3cnccc3c2)c1. The third-order valence-corrected chi connectivity index (χ3v) is 4.48. The molecule has 0 unspecified atom stereocenters. The molecule has 0 spiro atoms. The van der Waals surface area contributed by atoms with Gasteiger partial charge in [-0.25, -0.2) is 0 Å². The van der Waals surface area contributed by atoms with E-state index >= 15 is 0 Å². The van der Waals surface area contributed by atoms with Crippen molar-refractivity contribution >= 4 is 22.4 Å². The smallest absolute Gasteiger partial charge is 0.228 e. The van der Waals surface area contributed by atoms with E-state index in [1.54, 1.807) is 18.5 Å². The molecule has 1 fully saturated rings. The van der Waals surface area contributed by atoms with Crippen molar-refractivity contribution in [1.82, 2.24) is 4.98 Å². The predicted molar refractivity (Wildman–Crippen MR) is 92.4 cm³/mol. The molecule has 0 bridgehead atoms. The van der Waals surface area contributed by atoms with Gasteiger partial charge in [0.1, 0.15) is 0 Å². The van der Waals surface area contributed by atoms with Crippen LogP contribution in [-0.4, -0.2) is 10.9 Å². The maximum absolute atomic E-state index is 12.5. The maximum Gasteiger partial charge on any atom is 0.228 e. The number of fused-ring (bicyclic) bond motifs is 1. The Labute approximate surface area is 139 Å². The summed E-state index contributed by atoms with van der Waals surface area (Å²) in [5, 5.41) is 14.1. The number of anilines is 1. The number of hydrogen-bond donors (Lipinski definition) is 1. The monoisotopic (exact) mass is 313 g/mol. The first-order chi connectivity index (χ1) is 11.7. The molecule has 1 saturated carbocycles. The molecule has 1 heterocycles. The van der Waals surface area contributed by atoms with Gasteiger partial charge in [0.25, 0.3) is 0 Å². The zero-order valence-corrected chi connectivity index (χ0v) is 12.9. The van der Waals surface area contributed by atoms with Gasteiger partial charge in [0.2, 0.25) is 5.91 Å². The Kier molecular flexibility index (Phi) is 3.47. The highest BCUT2D eigenvalue weighted by Gasteiger charge is 2.43. The summed E-state index contributed by atoms with van der Waals surface area (Å²) >= 11 is 0. The second-order valence-electron chi connectivity index (χ2n) is 6.11. The van der Waals surface area contributed by atoms with E-state index in [0.717, 1.165) is 28.4 Å². The van der Waals surface area contributed by atoms with Crippen LogP contribution in [0.5, 0.6) is 0 Å². The molecule has 0 aliphatic heterocycles. The number of carbonyl (C=O) groups excluding carboxylic acids is 1. The van der Waals surface area contributed by atoms with Crippen molar-refractivity contribution < 1.29 is 4.79 Å². The van der Waals surface area contributed by atoms with Gasteiger partial charge in [-0.2, -0.15) is 5.26 Å². The molecule has 1 N–H and O–H groups in total. The molecular weight excluding hydrogens is 298 g/mol. The highest BCUT2D eigenvalue weighted by atomic mass is 16.2. The van der Waals surface area contributed by atoms with Gasteiger partial charge in [-0.3, -0.25) is 9.78 Å². The van der Waals surface area contributed by atoms with Gasteiger partial charge >= 0.3 is 0 Å². The van der Waals surface area contributed by atoms with E-state index in [-0.39, 0.29) is 17.7 Å². The van der Waals surface area contributed by atoms with E-state index < -0.39 is 0 Å². The molecule has 1 amide bonds. The fraction of sp³-hybridized carbons (Fsp3) is 0.150. The first-order valence-corrected chi connectivity index (χ1v) is 7.89. The molecule has 116 valence electrons. The largest absolute Gasteiger partial charge is 0.326 e. The lowest BCUT2D eigenvalue weighted by atomic mass is 10.1. The fourth-order valence-electron chi connectivity index (χ4n) is 3.09. The van der Waals surface area contributed by atoms with Crippen molar-refractivity contribution in [2.24, 2.45) is 5.92 Å². The first-order valence-electron chi connectivity index (χ1n) is 7.89. The minimum Gasteiger partial charge on any atom is -0.326 e. The van der Waals surface area contributed by atoms with Gasteiger partial charge in [-0.15, -0.1) is 0 Å². The molecule has 2 aromatic carbocycles. The van der Waals surface area contributed by atoms with Gasteiger partial charge in [-0.05, 0) is 53.6 Å². The average molecular weight is 313 g/mol. The number of benzene rings is 2. The van der Waals surface area contributed by atoms with Crippen molar-refractivity contribution in [3.63, 3.8) is 0 Å². The summed E-state index contributed by atoms with van der Waals surface area (Å²) in [7, 11) is 0. The molecular formula is C20H15N3O. The average Bonchev–Trinajstić information content (AvgIpc) is 3.43. The number of pyridine rings is 1. The Bertz CT molecular complexity index is 974. The van der Waals surface area contributed by atoms with Crippen LogP contribution in [0.15, 0.2) is 60.9 Å². The van der Waals surface area contributed by atoms with E-state index in [9.17, 15) is 4.79 Å². The Morgan fingerprint density at radius 2 is 2.08 bits per heavy atom. The van der Waals surface area contributed by atoms with E-state index in [1.165, 1.54) is 0 Å². The number of hydrogen-bond acceptors (Lipinski definition) is 3. The van der Waals surface area contributed by atoms with E-state index in [0.29, 0.717) is 5.56 Å². The summed E-state index contributed by atoms with van der Waals surface area (Å²) in [6.07, 6.45) is 4.38. The molecule has 1 aliphatic carbocycles. The van der Waals surface area contributed by atoms with E-state index in [2.05, 4.69) is 16.4 Å². The third-order valence-electron chi connectivity index (χ3n) is 4.48. The zero-order valence-electron chi connectivity index (χ0n) is 12.9. The summed E-state index contributed by atoms with van der Waals surface area (Å²) in [4.78, 5) is 16.5. The van der Waals surface area contributed by atoms with Crippen molar-refractivity contribution in [3.05, 3.63) is 72.1 Å². The number of nitrogens with one attached hydrogen (secondary N) is 1. The molecule has 4 rings (SSSR count). The first kappa shape index (κ1) is 14.4. The van der Waals surface area contributed by atoms with Crippen LogP contribution in [0.1, 0.15) is 23.5 Å². The van der Waals surface area contributed by atoms with Crippen molar-refractivity contribution in [3.8, 4) is 6.07 Å². The maximum atomic E-state index is 12.5. The summed E-state index contributed by atoms with van der Waals surface area (Å²) in [5.74, 6) is 0.228. The third kappa shape index (κ3) is 2.72. The topological polar surface area (TPSA) is 65.8 Å². The van der Waals surface area contributed by atoms with Crippen molar-refractivity contribution in [1.29, 1.82) is 5.26 Å². The lowest BCUT2D eigenvalue weighted by Gasteiger charge is -2.06. The van der Waals surface area contributed by atoms with Crippen LogP contribution < -0.4 is 5.32 Å². The van der Waals surface area contributed by atoms with E-state index in [1.807, 2.05) is 42.5 Å². The van der Waals surface area contributed by atoms with Crippen LogP contribution >= 0.6 is 0 Å². The number of aromatic nitrogens is 1. The molecule has 24 heavy (non-hydrogen) atoms. The van der Waals surface area contributed by atoms with Crippen LogP contribution in [0.2, 0.25) is 0 Å². The number of nitrogens with zero attached hydrogens (tertiary/aromatic N) is 2. The standard InChI is InChI=1S/C20H15N3O/c21-11-13-2-1-3-15(8-13)18-10-19(18)20(24)23-17-5-4-16-12-22-7-6-14(16)9-17/h1-9,12,18-19H,10H2,(H,23,24)/t18-,19+/m0/s1. The Morgan fingerprint density at radius 1 is 1.17 bits per heavy atom. The van der Waals surface area contributed by atoms with Gasteiger partial charge < -0.3 is 5.32 Å². The Morgan fingerprint density at radius 3 is 2.96 bits per heavy atom. The van der Waals surface area contributed by atoms with Crippen LogP contribution in [0.4, 0.5) is 5.69 Å². The lowest BCUT2D eigenvalue weighted by Crippen LogP contribution is -2.14. The summed E-state index contributed by atoms with van der Waals surface area (Å²) in [6, 6.07) is 17.4. The summed E-state index contributed by atoms with van der Waals surface area (Å²) in [6.45, 7) is 0. The van der Waals surface area contributed by atoms with Gasteiger partial charge in [-0.1, -0.05) is 18.2 Å². The molecule has 4 nitrogen and oxygen atoms in total. The number of amides is 1. The normalized spacial score (nSPS) is 18.8. The van der Waals surface area contributed by atoms with Crippen LogP contribution in [-0.2, 0) is 4.79 Å². The highest BCUT2D eigenvalue weighted by Crippen LogP contribution is 2.48. The second kappa shape index (κ2) is 5.78. The zero-order chi connectivity index (χ0) is 16.5. The van der Waals surface area contributed by atoms with Gasteiger partial charge in [0.05, 0.1) is 11.6 Å². The minimum atomic E-state index is -0.0212. The number of nitriles is 1. The summed E-state index contributed by atoms with van der Waals surface area (Å²) < 4.78 is 0. The Hall–Kier alpha value is -3.19. The van der Waals surface area contributed by atoms with Gasteiger partial charge in [0, 0.05) is 29.4 Å². The van der Waals surface area contributed by atoms with Crippen molar-refractivity contribution in [2.45, 2.75) is 12.3 Å². The molecule has 0 radical (unpaired) electrons. The molecule has 1 aromatic heterocycles. The second-order valence-corrected chi connectivity index (χ2v) is 6.11. The fourth-order valence-corrected chi connectivity index (χ4v) is 3.09. The molecule has 2 atom stereocenters. The van der Waals surface area contributed by atoms with Crippen molar-refractivity contribution in [2.75, 3.05) is 5.32 Å². The van der Waals surface area contributed by atoms with Gasteiger partial charge in [0.15, 0.2) is 0 Å². The molecule has 4 heteroatoms. The Balaban J connectivity index is 1.48. The molecule has 1 aliphatic rings. The minimum absolute atomic E-state index is 0.0212. The summed E-state index contributed by atoms with van der Waals surface area (Å²) in [5.41, 5.74) is 2.51. The number of carbonyl (C=O) groups is 1. The van der Waals surface area contributed by atoms with Crippen LogP contribution in [0, 0.1) is 17.2 Å². The predicted octanol–water partition coefficient (Wildman–Crippen LogP) is 3.85. The molecule has 0 saturated heterocycles. The lowest BCUT2D eigenvalue weighted by molar-refractivity contribution is -0.117. The molecule has 3 aromatic rings. The van der Waals surface area contributed by atoms with E-state index in [4.69, 9.17) is 5.26 Å². The van der Waals surface area contributed by atoms with Crippen LogP contribution in [0.25, 0.3) is 10.8 Å². The highest BCUT2D eigenvalue weighted by molar-refractivity contribution is 5.97. The quantitative estimate of drug-likeness (QED) is 0.798.